The van der Waals surface area contributed by atoms with Crippen LogP contribution in [0, 0.1) is 11.6 Å². The van der Waals surface area contributed by atoms with Gasteiger partial charge in [0, 0.05) is 12.1 Å². The molecule has 0 unspecified atom stereocenters. The Morgan fingerprint density at radius 2 is 2.00 bits per heavy atom. The van der Waals surface area contributed by atoms with Crippen molar-refractivity contribution in [1.82, 2.24) is 4.98 Å². The van der Waals surface area contributed by atoms with E-state index in [1.807, 2.05) is 0 Å². The van der Waals surface area contributed by atoms with Crippen molar-refractivity contribution in [2.24, 2.45) is 0 Å². The van der Waals surface area contributed by atoms with Crippen LogP contribution in [0.2, 0.25) is 0 Å². The molecule has 3 nitrogen and oxygen atoms in total. The second kappa shape index (κ2) is 5.05. The van der Waals surface area contributed by atoms with Gasteiger partial charge in [0.05, 0.1) is 23.0 Å². The molecule has 0 amide bonds. The number of nitrogens with zero attached hydrogens (tertiary/aromatic N) is 1. The maximum absolute atomic E-state index is 13.7. The molecule has 0 aliphatic carbocycles. The number of fused-ring (bicyclic) bond motifs is 1. The van der Waals surface area contributed by atoms with Crippen LogP contribution < -0.4 is 10.1 Å². The number of halogens is 2. The first-order valence-corrected chi connectivity index (χ1v) is 6.64. The number of rotatable bonds is 3. The number of benzene rings is 2. The fraction of sp³-hybridized carbons (Fsp3) is 0.0714. The van der Waals surface area contributed by atoms with Crippen LogP contribution in [0.3, 0.4) is 0 Å². The molecule has 2 aromatic carbocycles. The topological polar surface area (TPSA) is 34.1 Å². The number of methoxy groups -OCH3 is 1. The Balaban J connectivity index is 1.96. The van der Waals surface area contributed by atoms with E-state index in [9.17, 15) is 8.78 Å². The van der Waals surface area contributed by atoms with Crippen molar-refractivity contribution in [3.8, 4) is 5.75 Å². The van der Waals surface area contributed by atoms with Crippen LogP contribution in [0.25, 0.3) is 10.2 Å². The summed E-state index contributed by atoms with van der Waals surface area (Å²) in [6, 6.07) is 8.76. The van der Waals surface area contributed by atoms with E-state index in [1.165, 1.54) is 42.7 Å². The van der Waals surface area contributed by atoms with Gasteiger partial charge in [0.25, 0.3) is 0 Å². The standard InChI is InChI=1S/C14H10F2N2OS/c1-19-9-3-4-10(16)11(7-9)17-14-18-12-6-8(15)2-5-13(12)20-14/h2-7H,1H3,(H,17,18). The summed E-state index contributed by atoms with van der Waals surface area (Å²) in [6.45, 7) is 0. The summed E-state index contributed by atoms with van der Waals surface area (Å²) < 4.78 is 32.7. The first kappa shape index (κ1) is 12.8. The van der Waals surface area contributed by atoms with Crippen LogP contribution in [-0.2, 0) is 0 Å². The molecule has 0 radical (unpaired) electrons. The Morgan fingerprint density at radius 3 is 2.80 bits per heavy atom. The minimum atomic E-state index is -0.406. The fourth-order valence-corrected chi connectivity index (χ4v) is 2.65. The lowest BCUT2D eigenvalue weighted by atomic mass is 10.3. The van der Waals surface area contributed by atoms with Gasteiger partial charge in [-0.05, 0) is 24.3 Å². The van der Waals surface area contributed by atoms with E-state index in [4.69, 9.17) is 4.74 Å². The van der Waals surface area contributed by atoms with Crippen LogP contribution in [0.4, 0.5) is 19.6 Å². The van der Waals surface area contributed by atoms with Crippen molar-refractivity contribution in [2.75, 3.05) is 12.4 Å². The Morgan fingerprint density at radius 1 is 1.15 bits per heavy atom. The maximum atomic E-state index is 13.7. The van der Waals surface area contributed by atoms with Gasteiger partial charge in [-0.2, -0.15) is 0 Å². The van der Waals surface area contributed by atoms with E-state index in [0.717, 1.165) is 4.70 Å². The van der Waals surface area contributed by atoms with E-state index in [-0.39, 0.29) is 11.5 Å². The van der Waals surface area contributed by atoms with Gasteiger partial charge in [-0.25, -0.2) is 13.8 Å². The monoisotopic (exact) mass is 292 g/mol. The van der Waals surface area contributed by atoms with E-state index in [2.05, 4.69) is 10.3 Å². The second-order valence-electron chi connectivity index (χ2n) is 4.10. The third kappa shape index (κ3) is 2.42. The number of hydrogen-bond donors (Lipinski definition) is 1. The first-order chi connectivity index (χ1) is 9.65. The molecule has 102 valence electrons. The molecule has 0 aliphatic rings. The minimum Gasteiger partial charge on any atom is -0.497 e. The molecule has 6 heteroatoms. The van der Waals surface area contributed by atoms with Crippen molar-refractivity contribution in [1.29, 1.82) is 0 Å². The lowest BCUT2D eigenvalue weighted by Crippen LogP contribution is -1.94. The predicted octanol–water partition coefficient (Wildman–Crippen LogP) is 4.33. The molecule has 1 N–H and O–H groups in total. The molecule has 0 spiro atoms. The van der Waals surface area contributed by atoms with Gasteiger partial charge in [0.15, 0.2) is 5.13 Å². The highest BCUT2D eigenvalue weighted by Crippen LogP contribution is 2.30. The van der Waals surface area contributed by atoms with E-state index in [0.29, 0.717) is 16.4 Å². The number of nitrogens with one attached hydrogen (secondary N) is 1. The van der Waals surface area contributed by atoms with E-state index < -0.39 is 5.82 Å². The van der Waals surface area contributed by atoms with Crippen LogP contribution >= 0.6 is 11.3 Å². The number of ether oxygens (including phenoxy) is 1. The quantitative estimate of drug-likeness (QED) is 0.780. The summed E-state index contributed by atoms with van der Waals surface area (Å²) in [5, 5.41) is 3.38. The normalized spacial score (nSPS) is 10.8. The fourth-order valence-electron chi connectivity index (χ4n) is 1.80. The third-order valence-corrected chi connectivity index (χ3v) is 3.72. The molecule has 0 fully saturated rings. The summed E-state index contributed by atoms with van der Waals surface area (Å²) in [5.74, 6) is -0.209. The molecule has 3 rings (SSSR count). The SMILES string of the molecule is COc1ccc(F)c(Nc2nc3cc(F)ccc3s2)c1. The average molecular weight is 292 g/mol. The molecule has 20 heavy (non-hydrogen) atoms. The van der Waals surface area contributed by atoms with Gasteiger partial charge in [-0.3, -0.25) is 0 Å². The Kier molecular flexibility index (Phi) is 3.23. The van der Waals surface area contributed by atoms with Crippen LogP contribution in [0.15, 0.2) is 36.4 Å². The zero-order chi connectivity index (χ0) is 14.1. The first-order valence-electron chi connectivity index (χ1n) is 5.82. The van der Waals surface area contributed by atoms with Gasteiger partial charge in [0.1, 0.15) is 17.4 Å². The molecule has 1 heterocycles. The highest BCUT2D eigenvalue weighted by Gasteiger charge is 2.09. The lowest BCUT2D eigenvalue weighted by Gasteiger charge is -2.06. The van der Waals surface area contributed by atoms with Crippen molar-refractivity contribution in [2.45, 2.75) is 0 Å². The maximum Gasteiger partial charge on any atom is 0.188 e. The largest absolute Gasteiger partial charge is 0.497 e. The van der Waals surface area contributed by atoms with Gasteiger partial charge < -0.3 is 10.1 Å². The van der Waals surface area contributed by atoms with Crippen LogP contribution in [0.1, 0.15) is 0 Å². The summed E-state index contributed by atoms with van der Waals surface area (Å²) in [7, 11) is 1.51. The number of anilines is 2. The molecular weight excluding hydrogens is 282 g/mol. The van der Waals surface area contributed by atoms with Crippen molar-refractivity contribution >= 4 is 32.4 Å². The van der Waals surface area contributed by atoms with Crippen molar-refractivity contribution < 1.29 is 13.5 Å². The Bertz CT molecular complexity index is 773. The van der Waals surface area contributed by atoms with Gasteiger partial charge >= 0.3 is 0 Å². The average Bonchev–Trinajstić information content (AvgIpc) is 2.82. The van der Waals surface area contributed by atoms with Gasteiger partial charge in [0.2, 0.25) is 0 Å². The molecule has 0 saturated carbocycles. The Labute approximate surface area is 117 Å². The van der Waals surface area contributed by atoms with Crippen molar-refractivity contribution in [3.63, 3.8) is 0 Å². The molecule has 1 aromatic heterocycles. The molecule has 3 aromatic rings. The smallest absolute Gasteiger partial charge is 0.188 e. The summed E-state index contributed by atoms with van der Waals surface area (Å²) in [5.41, 5.74) is 0.810. The summed E-state index contributed by atoms with van der Waals surface area (Å²) >= 11 is 1.33. The minimum absolute atomic E-state index is 0.267. The van der Waals surface area contributed by atoms with Crippen LogP contribution in [-0.4, -0.2) is 12.1 Å². The molecule has 0 aliphatic heterocycles. The number of hydrogen-bond acceptors (Lipinski definition) is 4. The molecule has 0 bridgehead atoms. The molecule has 0 atom stereocenters. The van der Waals surface area contributed by atoms with E-state index >= 15 is 0 Å². The number of thiazole rings is 1. The van der Waals surface area contributed by atoms with Gasteiger partial charge in [-0.15, -0.1) is 0 Å². The van der Waals surface area contributed by atoms with E-state index in [1.54, 1.807) is 12.1 Å². The predicted molar refractivity (Wildman–Crippen MR) is 75.8 cm³/mol. The molecular formula is C14H10F2N2OS. The summed E-state index contributed by atoms with van der Waals surface area (Å²) in [6.07, 6.45) is 0. The Hall–Kier alpha value is -2.21. The highest BCUT2D eigenvalue weighted by molar-refractivity contribution is 7.22. The van der Waals surface area contributed by atoms with Crippen LogP contribution in [0.5, 0.6) is 5.75 Å². The summed E-state index contributed by atoms with van der Waals surface area (Å²) in [4.78, 5) is 4.23. The number of aromatic nitrogens is 1. The van der Waals surface area contributed by atoms with Gasteiger partial charge in [-0.1, -0.05) is 11.3 Å². The third-order valence-electron chi connectivity index (χ3n) is 2.76. The zero-order valence-corrected chi connectivity index (χ0v) is 11.3. The highest BCUT2D eigenvalue weighted by atomic mass is 32.1. The lowest BCUT2D eigenvalue weighted by molar-refractivity contribution is 0.414. The van der Waals surface area contributed by atoms with Crippen molar-refractivity contribution in [3.05, 3.63) is 48.0 Å². The second-order valence-corrected chi connectivity index (χ2v) is 5.13. The molecule has 0 saturated heterocycles. The zero-order valence-electron chi connectivity index (χ0n) is 10.5.